The van der Waals surface area contributed by atoms with Crippen molar-refractivity contribution in [3.8, 4) is 0 Å². The third-order valence-corrected chi connectivity index (χ3v) is 9.45. The van der Waals surface area contributed by atoms with E-state index in [0.29, 0.717) is 16.1 Å². The normalized spacial score (nSPS) is 17.8. The Morgan fingerprint density at radius 1 is 0.634 bits per heavy atom. The van der Waals surface area contributed by atoms with Crippen LogP contribution in [0.15, 0.2) is 133 Å². The second kappa shape index (κ2) is 11.6. The molecule has 0 spiro atoms. The van der Waals surface area contributed by atoms with Crippen LogP contribution in [0.25, 0.3) is 0 Å². The van der Waals surface area contributed by atoms with Crippen LogP contribution in [0.3, 0.4) is 0 Å². The van der Waals surface area contributed by atoms with Gasteiger partial charge in [-0.15, -0.1) is 11.8 Å². The highest BCUT2D eigenvalue weighted by Crippen LogP contribution is 2.44. The predicted molar refractivity (Wildman–Crippen MR) is 159 cm³/mol. The van der Waals surface area contributed by atoms with Crippen LogP contribution in [0.1, 0.15) is 59.5 Å². The number of hydrogen-bond acceptors (Lipinski definition) is 2. The maximum absolute atomic E-state index is 13.2. The van der Waals surface area contributed by atoms with Crippen molar-refractivity contribution in [2.45, 2.75) is 53.5 Å². The maximum Gasteiger partial charge on any atom is 0.416 e. The molecule has 0 N–H and O–H groups in total. The van der Waals surface area contributed by atoms with Crippen LogP contribution in [-0.2, 0) is 11.7 Å². The van der Waals surface area contributed by atoms with Gasteiger partial charge in [0, 0.05) is 22.3 Å². The first-order valence-electron chi connectivity index (χ1n) is 14.0. The van der Waals surface area contributed by atoms with Crippen molar-refractivity contribution in [3.05, 3.63) is 156 Å². The Labute approximate surface area is 243 Å². The van der Waals surface area contributed by atoms with Gasteiger partial charge in [-0.3, -0.25) is 0 Å². The summed E-state index contributed by atoms with van der Waals surface area (Å²) in [6.07, 6.45) is 3.66. The minimum absolute atomic E-state index is 0.300. The lowest BCUT2D eigenvalue weighted by Crippen LogP contribution is -2.37. The van der Waals surface area contributed by atoms with Crippen LogP contribution in [0.5, 0.6) is 0 Å². The summed E-state index contributed by atoms with van der Waals surface area (Å²) in [5.41, 5.74) is 3.36. The van der Waals surface area contributed by atoms with E-state index in [4.69, 9.17) is 4.98 Å². The molecule has 6 heteroatoms. The van der Waals surface area contributed by atoms with Gasteiger partial charge < -0.3 is 4.57 Å². The van der Waals surface area contributed by atoms with Crippen LogP contribution < -0.4 is 0 Å². The van der Waals surface area contributed by atoms with Crippen molar-refractivity contribution < 1.29 is 13.2 Å². The zero-order valence-corrected chi connectivity index (χ0v) is 23.4. The van der Waals surface area contributed by atoms with Crippen molar-refractivity contribution in [3.63, 3.8) is 0 Å². The highest BCUT2D eigenvalue weighted by molar-refractivity contribution is 8.00. The van der Waals surface area contributed by atoms with Crippen LogP contribution >= 0.6 is 11.8 Å². The number of imidazole rings is 1. The number of rotatable bonds is 7. The fourth-order valence-electron chi connectivity index (χ4n) is 6.13. The Balaban J connectivity index is 1.28. The molecule has 1 heterocycles. The molecule has 0 radical (unpaired) electrons. The average molecular weight is 569 g/mol. The summed E-state index contributed by atoms with van der Waals surface area (Å²) in [6, 6.07) is 37.4. The first-order chi connectivity index (χ1) is 19.9. The number of thioether (sulfide) groups is 1. The van der Waals surface area contributed by atoms with Crippen LogP contribution in [0, 0.1) is 0 Å². The number of benzene rings is 4. The van der Waals surface area contributed by atoms with Crippen molar-refractivity contribution >= 4 is 11.8 Å². The molecule has 0 atom stereocenters. The first kappa shape index (κ1) is 27.4. The molecule has 5 aromatic rings. The zero-order valence-electron chi connectivity index (χ0n) is 22.5. The van der Waals surface area contributed by atoms with Crippen LogP contribution in [-0.4, -0.2) is 14.8 Å². The molecule has 0 bridgehead atoms. The number of nitrogens with zero attached hydrogens (tertiary/aromatic N) is 2. The van der Waals surface area contributed by atoms with E-state index >= 15 is 0 Å². The second-order valence-corrected chi connectivity index (χ2v) is 12.0. The van der Waals surface area contributed by atoms with Gasteiger partial charge in [0.05, 0.1) is 17.6 Å². The number of alkyl halides is 3. The summed E-state index contributed by atoms with van der Waals surface area (Å²) in [5.74, 6) is 0.314. The standard InChI is InChI=1S/C35H31F3N2S/c36-35(37,38)30-17-10-18-32(23-30)41-31-21-19-26(20-22-31)33-24-40(25-39-33)34(27-11-4-1-5-12-27,28-13-6-2-7-14-28)29-15-8-3-9-16-29/h1-18,23-26,31H,19-22H2. The molecule has 1 aliphatic rings. The molecule has 0 aliphatic heterocycles. The lowest BCUT2D eigenvalue weighted by Gasteiger charge is -2.37. The summed E-state index contributed by atoms with van der Waals surface area (Å²) in [6.45, 7) is 0. The Morgan fingerprint density at radius 2 is 1.15 bits per heavy atom. The minimum atomic E-state index is -4.32. The highest BCUT2D eigenvalue weighted by atomic mass is 32.2. The molecule has 0 unspecified atom stereocenters. The molecular weight excluding hydrogens is 537 g/mol. The number of aromatic nitrogens is 2. The van der Waals surface area contributed by atoms with Gasteiger partial charge in [-0.1, -0.05) is 97.1 Å². The lowest BCUT2D eigenvalue weighted by atomic mass is 9.76. The third kappa shape index (κ3) is 5.58. The Morgan fingerprint density at radius 3 is 1.66 bits per heavy atom. The van der Waals surface area contributed by atoms with Crippen LogP contribution in [0.4, 0.5) is 13.2 Å². The predicted octanol–water partition coefficient (Wildman–Crippen LogP) is 9.56. The molecule has 1 aromatic heterocycles. The molecule has 41 heavy (non-hydrogen) atoms. The lowest BCUT2D eigenvalue weighted by molar-refractivity contribution is -0.137. The van der Waals surface area contributed by atoms with E-state index in [9.17, 15) is 13.2 Å². The van der Waals surface area contributed by atoms with Gasteiger partial charge in [0.1, 0.15) is 5.54 Å². The average Bonchev–Trinajstić information content (AvgIpc) is 3.50. The summed E-state index contributed by atoms with van der Waals surface area (Å²) in [4.78, 5) is 5.65. The molecule has 4 aromatic carbocycles. The van der Waals surface area contributed by atoms with Crippen molar-refractivity contribution in [1.82, 2.24) is 9.55 Å². The van der Waals surface area contributed by atoms with Gasteiger partial charge >= 0.3 is 6.18 Å². The fraction of sp³-hybridized carbons (Fsp3) is 0.229. The van der Waals surface area contributed by atoms with E-state index in [1.54, 1.807) is 17.8 Å². The van der Waals surface area contributed by atoms with Gasteiger partial charge in [-0.05, 0) is 60.6 Å². The smallest absolute Gasteiger partial charge is 0.319 e. The second-order valence-electron chi connectivity index (χ2n) is 10.6. The summed E-state index contributed by atoms with van der Waals surface area (Å²) < 4.78 is 41.8. The van der Waals surface area contributed by atoms with Gasteiger partial charge in [0.25, 0.3) is 0 Å². The van der Waals surface area contributed by atoms with E-state index in [2.05, 4.69) is 83.6 Å². The van der Waals surface area contributed by atoms with E-state index in [0.717, 1.165) is 54.1 Å². The van der Waals surface area contributed by atoms with E-state index in [1.165, 1.54) is 12.1 Å². The summed E-state index contributed by atoms with van der Waals surface area (Å²) >= 11 is 1.57. The van der Waals surface area contributed by atoms with Crippen LogP contribution in [0.2, 0.25) is 0 Å². The monoisotopic (exact) mass is 568 g/mol. The molecule has 208 valence electrons. The van der Waals surface area contributed by atoms with Gasteiger partial charge in [-0.2, -0.15) is 13.2 Å². The molecule has 0 saturated heterocycles. The summed E-state index contributed by atoms with van der Waals surface area (Å²) in [7, 11) is 0. The quantitative estimate of drug-likeness (QED) is 0.182. The molecule has 1 fully saturated rings. The molecule has 1 aliphatic carbocycles. The number of hydrogen-bond donors (Lipinski definition) is 0. The third-order valence-electron chi connectivity index (χ3n) is 8.12. The van der Waals surface area contributed by atoms with E-state index in [1.807, 2.05) is 24.5 Å². The van der Waals surface area contributed by atoms with E-state index < -0.39 is 17.3 Å². The minimum Gasteiger partial charge on any atom is -0.319 e. The summed E-state index contributed by atoms with van der Waals surface area (Å²) in [5, 5.41) is 0.300. The Hall–Kier alpha value is -3.77. The van der Waals surface area contributed by atoms with E-state index in [-0.39, 0.29) is 0 Å². The van der Waals surface area contributed by atoms with Gasteiger partial charge in [0.15, 0.2) is 0 Å². The van der Waals surface area contributed by atoms with Gasteiger partial charge in [-0.25, -0.2) is 4.98 Å². The molecule has 2 nitrogen and oxygen atoms in total. The van der Waals surface area contributed by atoms with Crippen molar-refractivity contribution in [1.29, 1.82) is 0 Å². The zero-order chi connectivity index (χ0) is 28.3. The number of halogens is 3. The largest absolute Gasteiger partial charge is 0.416 e. The highest BCUT2D eigenvalue weighted by Gasteiger charge is 2.39. The fourth-order valence-corrected chi connectivity index (χ4v) is 7.38. The first-order valence-corrected chi connectivity index (χ1v) is 14.9. The molecule has 1 saturated carbocycles. The van der Waals surface area contributed by atoms with Crippen molar-refractivity contribution in [2.24, 2.45) is 0 Å². The molecular formula is C35H31F3N2S. The topological polar surface area (TPSA) is 17.8 Å². The molecule has 0 amide bonds. The Kier molecular flexibility index (Phi) is 7.76. The molecule has 6 rings (SSSR count). The SMILES string of the molecule is FC(F)(F)c1cccc(SC2CCC(c3cn(C(c4ccccc4)(c4ccccc4)c4ccccc4)cn3)CC2)c1. The Bertz CT molecular complexity index is 1460. The van der Waals surface area contributed by atoms with Crippen molar-refractivity contribution in [2.75, 3.05) is 0 Å². The van der Waals surface area contributed by atoms with Gasteiger partial charge in [0.2, 0.25) is 0 Å². The maximum atomic E-state index is 13.2.